The number of rotatable bonds is 6. The first-order valence-corrected chi connectivity index (χ1v) is 6.89. The van der Waals surface area contributed by atoms with Gasteiger partial charge in [-0.25, -0.2) is 9.97 Å². The summed E-state index contributed by atoms with van der Waals surface area (Å²) in [6.07, 6.45) is 5.61. The minimum Gasteiger partial charge on any atom is -0.444 e. The lowest BCUT2D eigenvalue weighted by atomic mass is 10.3. The molecule has 0 radical (unpaired) electrons. The molecule has 2 N–H and O–H groups in total. The first-order chi connectivity index (χ1) is 10.1. The van der Waals surface area contributed by atoms with Crippen LogP contribution in [0.4, 0.5) is 5.82 Å². The van der Waals surface area contributed by atoms with Gasteiger partial charge in [0.1, 0.15) is 23.3 Å². The van der Waals surface area contributed by atoms with Crippen molar-refractivity contribution in [1.29, 1.82) is 0 Å². The van der Waals surface area contributed by atoms with Gasteiger partial charge in [0.15, 0.2) is 0 Å². The molecule has 0 aliphatic carbocycles. The molecule has 0 saturated carbocycles. The summed E-state index contributed by atoms with van der Waals surface area (Å²) in [5.41, 5.74) is 0.256. The fourth-order valence-electron chi connectivity index (χ4n) is 1.72. The molecule has 2 aromatic rings. The number of carbonyl (C=O) groups excluding carboxylic acids is 1. The van der Waals surface area contributed by atoms with E-state index in [4.69, 9.17) is 4.42 Å². The molecule has 21 heavy (non-hydrogen) atoms. The third-order valence-corrected chi connectivity index (χ3v) is 2.78. The van der Waals surface area contributed by atoms with Gasteiger partial charge in [-0.15, -0.1) is 0 Å². The number of hydrogen-bond acceptors (Lipinski definition) is 6. The monoisotopic (exact) mass is 289 g/mol. The quantitative estimate of drug-likeness (QED) is 0.845. The van der Waals surface area contributed by atoms with Gasteiger partial charge in [-0.05, 0) is 20.3 Å². The minimum absolute atomic E-state index is 0.256. The Morgan fingerprint density at radius 1 is 1.38 bits per heavy atom. The molecular weight excluding hydrogens is 270 g/mol. The van der Waals surface area contributed by atoms with Gasteiger partial charge in [0.05, 0.1) is 18.6 Å². The van der Waals surface area contributed by atoms with Crippen molar-refractivity contribution in [3.05, 3.63) is 35.9 Å². The first-order valence-electron chi connectivity index (χ1n) is 6.89. The molecule has 0 bridgehead atoms. The van der Waals surface area contributed by atoms with Crippen LogP contribution in [0.15, 0.2) is 23.0 Å². The molecule has 0 saturated heterocycles. The number of nitrogens with one attached hydrogen (secondary N) is 2. The third kappa shape index (κ3) is 4.01. The highest BCUT2D eigenvalue weighted by atomic mass is 16.4. The molecule has 2 heterocycles. The van der Waals surface area contributed by atoms with Gasteiger partial charge >= 0.3 is 0 Å². The molecule has 1 unspecified atom stereocenters. The van der Waals surface area contributed by atoms with Gasteiger partial charge in [-0.3, -0.25) is 9.78 Å². The molecule has 2 rings (SSSR count). The second-order valence-corrected chi connectivity index (χ2v) is 4.72. The Labute approximate surface area is 123 Å². The fourth-order valence-corrected chi connectivity index (χ4v) is 1.72. The molecule has 0 fully saturated rings. The molecule has 7 heteroatoms. The van der Waals surface area contributed by atoms with E-state index in [0.29, 0.717) is 17.5 Å². The zero-order chi connectivity index (χ0) is 15.2. The van der Waals surface area contributed by atoms with E-state index in [9.17, 15) is 4.79 Å². The van der Waals surface area contributed by atoms with Crippen LogP contribution in [-0.2, 0) is 0 Å². The van der Waals surface area contributed by atoms with Gasteiger partial charge in [-0.2, -0.15) is 0 Å². The van der Waals surface area contributed by atoms with Gasteiger partial charge in [0, 0.05) is 6.54 Å². The van der Waals surface area contributed by atoms with Crippen molar-refractivity contribution in [2.45, 2.75) is 33.2 Å². The number of hydrogen-bond donors (Lipinski definition) is 2. The Bertz CT molecular complexity index is 611. The highest BCUT2D eigenvalue weighted by Gasteiger charge is 2.16. The molecule has 0 aromatic carbocycles. The van der Waals surface area contributed by atoms with Gasteiger partial charge in [-0.1, -0.05) is 6.92 Å². The summed E-state index contributed by atoms with van der Waals surface area (Å²) >= 11 is 0. The van der Waals surface area contributed by atoms with Crippen LogP contribution in [0.5, 0.6) is 0 Å². The molecule has 0 aliphatic rings. The van der Waals surface area contributed by atoms with Gasteiger partial charge in [0.2, 0.25) is 5.89 Å². The van der Waals surface area contributed by atoms with Crippen LogP contribution in [-0.4, -0.2) is 27.4 Å². The van der Waals surface area contributed by atoms with Gasteiger partial charge < -0.3 is 15.1 Å². The van der Waals surface area contributed by atoms with E-state index in [1.54, 1.807) is 26.2 Å². The number of aryl methyl sites for hydroxylation is 1. The summed E-state index contributed by atoms with van der Waals surface area (Å²) in [6, 6.07) is -0.333. The van der Waals surface area contributed by atoms with E-state index in [2.05, 4.69) is 32.5 Å². The Morgan fingerprint density at radius 3 is 2.86 bits per heavy atom. The molecule has 2 aromatic heterocycles. The smallest absolute Gasteiger partial charge is 0.272 e. The van der Waals surface area contributed by atoms with Crippen LogP contribution in [0.2, 0.25) is 0 Å². The molecule has 1 atom stereocenters. The van der Waals surface area contributed by atoms with Crippen molar-refractivity contribution in [2.75, 3.05) is 11.9 Å². The third-order valence-electron chi connectivity index (χ3n) is 2.78. The molecule has 0 spiro atoms. The van der Waals surface area contributed by atoms with E-state index >= 15 is 0 Å². The average molecular weight is 289 g/mol. The highest BCUT2D eigenvalue weighted by molar-refractivity contribution is 5.92. The second-order valence-electron chi connectivity index (χ2n) is 4.72. The summed E-state index contributed by atoms with van der Waals surface area (Å²) in [4.78, 5) is 24.5. The SMILES string of the molecule is CCCNc1cncc(C(=O)NC(C)c2ncc(C)o2)n1. The number of aromatic nitrogens is 3. The van der Waals surface area contributed by atoms with Crippen LogP contribution >= 0.6 is 0 Å². The lowest BCUT2D eigenvalue weighted by Gasteiger charge is -2.10. The lowest BCUT2D eigenvalue weighted by molar-refractivity contribution is 0.0928. The average Bonchev–Trinajstić information content (AvgIpc) is 2.92. The van der Waals surface area contributed by atoms with Crippen molar-refractivity contribution >= 4 is 11.7 Å². The lowest BCUT2D eigenvalue weighted by Crippen LogP contribution is -2.28. The van der Waals surface area contributed by atoms with Crippen LogP contribution < -0.4 is 10.6 Å². The molecule has 0 aliphatic heterocycles. The first kappa shape index (κ1) is 15.0. The van der Waals surface area contributed by atoms with E-state index < -0.39 is 0 Å². The van der Waals surface area contributed by atoms with Crippen LogP contribution in [0.3, 0.4) is 0 Å². The largest absolute Gasteiger partial charge is 0.444 e. The molecule has 7 nitrogen and oxygen atoms in total. The Kier molecular flexibility index (Phi) is 4.86. The van der Waals surface area contributed by atoms with E-state index in [0.717, 1.165) is 13.0 Å². The van der Waals surface area contributed by atoms with E-state index in [-0.39, 0.29) is 17.6 Å². The fraction of sp³-hybridized carbons (Fsp3) is 0.429. The van der Waals surface area contributed by atoms with Crippen molar-refractivity contribution in [1.82, 2.24) is 20.3 Å². The van der Waals surface area contributed by atoms with Crippen molar-refractivity contribution in [3.63, 3.8) is 0 Å². The summed E-state index contributed by atoms with van der Waals surface area (Å²) < 4.78 is 5.38. The zero-order valence-corrected chi connectivity index (χ0v) is 12.4. The Morgan fingerprint density at radius 2 is 2.19 bits per heavy atom. The van der Waals surface area contributed by atoms with Crippen molar-refractivity contribution in [2.24, 2.45) is 0 Å². The van der Waals surface area contributed by atoms with Gasteiger partial charge in [0.25, 0.3) is 5.91 Å². The number of oxazole rings is 1. The number of anilines is 1. The minimum atomic E-state index is -0.333. The Balaban J connectivity index is 2.02. The summed E-state index contributed by atoms with van der Waals surface area (Å²) in [5, 5.41) is 5.88. The van der Waals surface area contributed by atoms with Crippen LogP contribution in [0.1, 0.15) is 48.4 Å². The normalized spacial score (nSPS) is 12.0. The topological polar surface area (TPSA) is 92.9 Å². The van der Waals surface area contributed by atoms with E-state index in [1.165, 1.54) is 6.20 Å². The number of carbonyl (C=O) groups is 1. The van der Waals surface area contributed by atoms with Crippen molar-refractivity contribution < 1.29 is 9.21 Å². The maximum absolute atomic E-state index is 12.2. The molecule has 1 amide bonds. The maximum Gasteiger partial charge on any atom is 0.272 e. The highest BCUT2D eigenvalue weighted by Crippen LogP contribution is 2.12. The van der Waals surface area contributed by atoms with Crippen LogP contribution in [0.25, 0.3) is 0 Å². The van der Waals surface area contributed by atoms with Crippen LogP contribution in [0, 0.1) is 6.92 Å². The Hall–Kier alpha value is -2.44. The zero-order valence-electron chi connectivity index (χ0n) is 12.4. The van der Waals surface area contributed by atoms with E-state index in [1.807, 2.05) is 0 Å². The standard InChI is InChI=1S/C14H19N5O2/c1-4-5-16-12-8-15-7-11(19-12)13(20)18-10(3)14-17-6-9(2)21-14/h6-8,10H,4-5H2,1-3H3,(H,16,19)(H,18,20). The molecule has 112 valence electrons. The molecular formula is C14H19N5O2. The number of nitrogens with zero attached hydrogens (tertiary/aromatic N) is 3. The summed E-state index contributed by atoms with van der Waals surface area (Å²) in [5.74, 6) is 1.45. The summed E-state index contributed by atoms with van der Waals surface area (Å²) in [6.45, 7) is 6.44. The number of amides is 1. The van der Waals surface area contributed by atoms with Crippen molar-refractivity contribution in [3.8, 4) is 0 Å². The predicted molar refractivity (Wildman–Crippen MR) is 77.9 cm³/mol. The second kappa shape index (κ2) is 6.83. The predicted octanol–water partition coefficient (Wildman–Crippen LogP) is 2.09. The maximum atomic E-state index is 12.2. The summed E-state index contributed by atoms with van der Waals surface area (Å²) in [7, 11) is 0.